The molecule has 0 bridgehead atoms. The quantitative estimate of drug-likeness (QED) is 0.531. The lowest BCUT2D eigenvalue weighted by Gasteiger charge is -2.29. The van der Waals surface area contributed by atoms with E-state index in [-0.39, 0.29) is 6.04 Å². The number of carboxylic acids is 1. The second-order valence-electron chi connectivity index (χ2n) is 7.09. The van der Waals surface area contributed by atoms with Crippen LogP contribution < -0.4 is 10.6 Å². The Hall–Kier alpha value is -2.46. The number of aliphatic hydroxyl groups is 1. The Morgan fingerprint density at radius 2 is 1.48 bits per heavy atom. The Morgan fingerprint density at radius 3 is 1.97 bits per heavy atom. The van der Waals surface area contributed by atoms with Gasteiger partial charge in [0.1, 0.15) is 0 Å². The van der Waals surface area contributed by atoms with E-state index in [0.29, 0.717) is 0 Å². The van der Waals surface area contributed by atoms with Crippen molar-refractivity contribution in [1.82, 2.24) is 15.5 Å². The van der Waals surface area contributed by atoms with Gasteiger partial charge in [0.05, 0.1) is 12.1 Å². The van der Waals surface area contributed by atoms with Crippen LogP contribution in [0.25, 0.3) is 0 Å². The summed E-state index contributed by atoms with van der Waals surface area (Å²) in [4.78, 5) is 11.4. The molecule has 1 aliphatic rings. The number of halogens is 3. The summed E-state index contributed by atoms with van der Waals surface area (Å²) in [5.74, 6) is -2.76. The molecule has 1 aliphatic heterocycles. The summed E-state index contributed by atoms with van der Waals surface area (Å²) < 4.78 is 31.7. The molecule has 0 amide bonds. The predicted molar refractivity (Wildman–Crippen MR) is 112 cm³/mol. The topological polar surface area (TPSA) is 84.8 Å². The van der Waals surface area contributed by atoms with Gasteiger partial charge in [-0.15, -0.1) is 0 Å². The number of rotatable bonds is 7. The summed E-state index contributed by atoms with van der Waals surface area (Å²) >= 11 is 0. The molecule has 0 aliphatic carbocycles. The van der Waals surface area contributed by atoms with Crippen molar-refractivity contribution in [3.8, 4) is 0 Å². The van der Waals surface area contributed by atoms with Crippen LogP contribution in [0.4, 0.5) is 13.2 Å². The summed E-state index contributed by atoms with van der Waals surface area (Å²) in [7, 11) is 0. The minimum absolute atomic E-state index is 0.100. The van der Waals surface area contributed by atoms with Crippen LogP contribution in [-0.2, 0) is 4.79 Å². The molecule has 0 spiro atoms. The third-order valence-electron chi connectivity index (χ3n) is 4.86. The van der Waals surface area contributed by atoms with Crippen LogP contribution in [0.5, 0.6) is 0 Å². The lowest BCUT2D eigenvalue weighted by molar-refractivity contribution is -0.192. The first-order valence-corrected chi connectivity index (χ1v) is 10.0. The van der Waals surface area contributed by atoms with Crippen molar-refractivity contribution < 1.29 is 28.2 Å². The van der Waals surface area contributed by atoms with Crippen molar-refractivity contribution in [3.05, 3.63) is 71.8 Å². The number of carboxylic acid groups (broad SMARTS) is 1. The fourth-order valence-corrected chi connectivity index (χ4v) is 3.23. The molecule has 3 rings (SSSR count). The number of piperazine rings is 1. The molecule has 0 saturated carbocycles. The SMILES string of the molecule is O=C(O)C(F)(F)F.O[C@H](c1ccccc1)[C@@H](NCCN1CCNCC1)c1ccccc1. The van der Waals surface area contributed by atoms with Crippen molar-refractivity contribution >= 4 is 5.97 Å². The highest BCUT2D eigenvalue weighted by Gasteiger charge is 2.38. The van der Waals surface area contributed by atoms with Gasteiger partial charge in [-0.1, -0.05) is 60.7 Å². The fraction of sp³-hybridized carbons (Fsp3) is 0.409. The zero-order valence-electron chi connectivity index (χ0n) is 17.1. The van der Waals surface area contributed by atoms with Crippen molar-refractivity contribution in [1.29, 1.82) is 0 Å². The van der Waals surface area contributed by atoms with Crippen LogP contribution in [0.1, 0.15) is 23.3 Å². The monoisotopic (exact) mass is 439 g/mol. The average molecular weight is 439 g/mol. The lowest BCUT2D eigenvalue weighted by Crippen LogP contribution is -2.46. The molecule has 2 atom stereocenters. The zero-order chi connectivity index (χ0) is 22.7. The van der Waals surface area contributed by atoms with Gasteiger partial charge >= 0.3 is 12.1 Å². The molecule has 1 fully saturated rings. The van der Waals surface area contributed by atoms with E-state index in [1.165, 1.54) is 0 Å². The first kappa shape index (κ1) is 24.8. The Kier molecular flexibility index (Phi) is 9.93. The number of carbonyl (C=O) groups is 1. The highest BCUT2D eigenvalue weighted by atomic mass is 19.4. The van der Waals surface area contributed by atoms with Crippen LogP contribution >= 0.6 is 0 Å². The number of aliphatic hydroxyl groups excluding tert-OH is 1. The zero-order valence-corrected chi connectivity index (χ0v) is 17.1. The second kappa shape index (κ2) is 12.4. The Morgan fingerprint density at radius 1 is 1.00 bits per heavy atom. The maximum atomic E-state index is 10.9. The van der Waals surface area contributed by atoms with E-state index >= 15 is 0 Å². The molecule has 1 heterocycles. The first-order valence-electron chi connectivity index (χ1n) is 10.0. The average Bonchev–Trinajstić information content (AvgIpc) is 2.78. The number of hydrogen-bond donors (Lipinski definition) is 4. The molecule has 2 aromatic carbocycles. The predicted octanol–water partition coefficient (Wildman–Crippen LogP) is 2.59. The van der Waals surface area contributed by atoms with Gasteiger partial charge in [-0.05, 0) is 11.1 Å². The van der Waals surface area contributed by atoms with Gasteiger partial charge in [0.25, 0.3) is 0 Å². The van der Waals surface area contributed by atoms with Gasteiger partial charge in [0, 0.05) is 39.3 Å². The molecule has 2 aromatic rings. The molecule has 1 saturated heterocycles. The largest absolute Gasteiger partial charge is 0.490 e. The smallest absolute Gasteiger partial charge is 0.475 e. The summed E-state index contributed by atoms with van der Waals surface area (Å²) in [5.41, 5.74) is 2.06. The summed E-state index contributed by atoms with van der Waals surface area (Å²) in [6.07, 6.45) is -5.64. The minimum atomic E-state index is -5.08. The molecule has 6 nitrogen and oxygen atoms in total. The van der Waals surface area contributed by atoms with Crippen LogP contribution in [0.15, 0.2) is 60.7 Å². The van der Waals surface area contributed by atoms with E-state index in [1.54, 1.807) is 0 Å². The van der Waals surface area contributed by atoms with E-state index in [4.69, 9.17) is 9.90 Å². The number of alkyl halides is 3. The second-order valence-corrected chi connectivity index (χ2v) is 7.09. The molecule has 4 N–H and O–H groups in total. The van der Waals surface area contributed by atoms with Crippen molar-refractivity contribution in [3.63, 3.8) is 0 Å². The van der Waals surface area contributed by atoms with E-state index < -0.39 is 18.2 Å². The minimum Gasteiger partial charge on any atom is -0.475 e. The molecule has 0 aromatic heterocycles. The van der Waals surface area contributed by atoms with Crippen molar-refractivity contribution in [2.45, 2.75) is 18.3 Å². The number of hydrogen-bond acceptors (Lipinski definition) is 5. The Bertz CT molecular complexity index is 770. The van der Waals surface area contributed by atoms with E-state index in [9.17, 15) is 18.3 Å². The van der Waals surface area contributed by atoms with Crippen molar-refractivity contribution in [2.24, 2.45) is 0 Å². The molecule has 0 unspecified atom stereocenters. The molecule has 31 heavy (non-hydrogen) atoms. The van der Waals surface area contributed by atoms with Crippen LogP contribution in [0, 0.1) is 0 Å². The molecule has 0 radical (unpaired) electrons. The number of benzene rings is 2. The van der Waals surface area contributed by atoms with Gasteiger partial charge in [-0.2, -0.15) is 13.2 Å². The number of nitrogens with zero attached hydrogens (tertiary/aromatic N) is 1. The number of nitrogens with one attached hydrogen (secondary N) is 2. The fourth-order valence-electron chi connectivity index (χ4n) is 3.23. The van der Waals surface area contributed by atoms with Gasteiger partial charge in [0.2, 0.25) is 0 Å². The van der Waals surface area contributed by atoms with Crippen LogP contribution in [-0.4, -0.2) is 66.5 Å². The van der Waals surface area contributed by atoms with Gasteiger partial charge < -0.3 is 20.8 Å². The van der Waals surface area contributed by atoms with E-state index in [1.807, 2.05) is 48.5 Å². The third-order valence-corrected chi connectivity index (χ3v) is 4.86. The maximum absolute atomic E-state index is 10.9. The molecular weight excluding hydrogens is 411 g/mol. The summed E-state index contributed by atoms with van der Waals surface area (Å²) in [6.45, 7) is 6.19. The van der Waals surface area contributed by atoms with Crippen molar-refractivity contribution in [2.75, 3.05) is 39.3 Å². The van der Waals surface area contributed by atoms with Gasteiger partial charge in [0.15, 0.2) is 0 Å². The summed E-state index contributed by atoms with van der Waals surface area (Å²) in [6, 6.07) is 20.0. The van der Waals surface area contributed by atoms with Gasteiger partial charge in [-0.25, -0.2) is 4.79 Å². The molecule has 9 heteroatoms. The van der Waals surface area contributed by atoms with Crippen LogP contribution in [0.3, 0.4) is 0 Å². The number of aliphatic carboxylic acids is 1. The molecular formula is C22H28F3N3O3. The molecule has 170 valence electrons. The van der Waals surface area contributed by atoms with E-state index in [0.717, 1.165) is 50.4 Å². The lowest BCUT2D eigenvalue weighted by atomic mass is 9.96. The first-order chi connectivity index (χ1) is 14.8. The van der Waals surface area contributed by atoms with Crippen LogP contribution in [0.2, 0.25) is 0 Å². The highest BCUT2D eigenvalue weighted by Crippen LogP contribution is 2.28. The van der Waals surface area contributed by atoms with Gasteiger partial charge in [-0.3, -0.25) is 4.90 Å². The third kappa shape index (κ3) is 8.66. The maximum Gasteiger partial charge on any atom is 0.490 e. The van der Waals surface area contributed by atoms with E-state index in [2.05, 4.69) is 27.7 Å². The Labute approximate surface area is 179 Å². The Balaban J connectivity index is 0.000000423. The standard InChI is InChI=1S/C20H27N3O.C2HF3O2/c24-20(18-9-5-2-6-10-18)19(17-7-3-1-4-8-17)22-13-16-23-14-11-21-12-15-23;3-2(4,5)1(6)7/h1-10,19-22,24H,11-16H2;(H,6,7)/t19-,20+;/m0./s1. The highest BCUT2D eigenvalue weighted by molar-refractivity contribution is 5.73. The summed E-state index contributed by atoms with van der Waals surface area (Å²) in [5, 5.41) is 25.0. The normalized spacial score (nSPS) is 16.6.